The highest BCUT2D eigenvalue weighted by molar-refractivity contribution is 7.89. The van der Waals surface area contributed by atoms with Crippen molar-refractivity contribution in [1.29, 1.82) is 0 Å². The van der Waals surface area contributed by atoms with Crippen LogP contribution in [0, 0.1) is 11.8 Å². The van der Waals surface area contributed by atoms with Crippen molar-refractivity contribution in [3.8, 4) is 0 Å². The van der Waals surface area contributed by atoms with E-state index < -0.39 is 10.0 Å². The highest BCUT2D eigenvalue weighted by Gasteiger charge is 2.34. The van der Waals surface area contributed by atoms with Crippen molar-refractivity contribution in [2.24, 2.45) is 11.8 Å². The van der Waals surface area contributed by atoms with Gasteiger partial charge in [-0.25, -0.2) is 8.42 Å². The molecule has 2 saturated heterocycles. The largest absolute Gasteiger partial charge is 0.339 e. The minimum Gasteiger partial charge on any atom is -0.339 e. The Labute approximate surface area is 168 Å². The maximum atomic E-state index is 12.8. The van der Waals surface area contributed by atoms with E-state index in [1.54, 1.807) is 24.3 Å². The normalized spacial score (nSPS) is 27.4. The van der Waals surface area contributed by atoms with E-state index in [-0.39, 0.29) is 5.91 Å². The number of benzene rings is 1. The van der Waals surface area contributed by atoms with Gasteiger partial charge in [-0.3, -0.25) is 9.69 Å². The SMILES string of the molecule is O=C(CN1CC[C@H]2CCCC[C@@H]2C1)N1CCN(S(=O)(=O)c2ccccc2)CC1. The second-order valence-corrected chi connectivity index (χ2v) is 10.4. The molecule has 3 aliphatic rings. The third-order valence-electron chi connectivity index (χ3n) is 6.71. The van der Waals surface area contributed by atoms with E-state index >= 15 is 0 Å². The van der Waals surface area contributed by atoms with Crippen LogP contribution in [0.25, 0.3) is 0 Å². The van der Waals surface area contributed by atoms with E-state index in [2.05, 4.69) is 4.90 Å². The summed E-state index contributed by atoms with van der Waals surface area (Å²) in [5, 5.41) is 0. The molecule has 0 bridgehead atoms. The van der Waals surface area contributed by atoms with Crippen LogP contribution in [0.15, 0.2) is 35.2 Å². The Balaban J connectivity index is 1.28. The monoisotopic (exact) mass is 405 g/mol. The zero-order valence-corrected chi connectivity index (χ0v) is 17.3. The standard InChI is InChI=1S/C21H31N3O3S/c25-21(17-22-11-10-18-6-4-5-7-19(18)16-22)23-12-14-24(15-13-23)28(26,27)20-8-2-1-3-9-20/h1-3,8-9,18-19H,4-7,10-17H2/t18-,19-/m1/s1. The van der Waals surface area contributed by atoms with Crippen molar-refractivity contribution in [3.05, 3.63) is 30.3 Å². The lowest BCUT2D eigenvalue weighted by molar-refractivity contribution is -0.134. The molecule has 1 aromatic carbocycles. The summed E-state index contributed by atoms with van der Waals surface area (Å²) in [7, 11) is -3.47. The zero-order chi connectivity index (χ0) is 19.6. The van der Waals surface area contributed by atoms with Crippen LogP contribution in [0.5, 0.6) is 0 Å². The molecule has 1 saturated carbocycles. The summed E-state index contributed by atoms with van der Waals surface area (Å²) in [5.74, 6) is 1.78. The molecule has 1 amide bonds. The maximum absolute atomic E-state index is 12.8. The van der Waals surface area contributed by atoms with Gasteiger partial charge < -0.3 is 4.90 Å². The molecule has 2 aliphatic heterocycles. The number of piperidine rings is 1. The first-order chi connectivity index (χ1) is 13.5. The zero-order valence-electron chi connectivity index (χ0n) is 16.5. The summed E-state index contributed by atoms with van der Waals surface area (Å²) < 4.78 is 27.0. The molecule has 0 aromatic heterocycles. The number of carbonyl (C=O) groups is 1. The quantitative estimate of drug-likeness (QED) is 0.769. The predicted molar refractivity (Wildman–Crippen MR) is 108 cm³/mol. The number of rotatable bonds is 4. The molecular formula is C21H31N3O3S. The molecule has 0 radical (unpaired) electrons. The molecule has 1 aromatic rings. The van der Waals surface area contributed by atoms with Crippen LogP contribution >= 0.6 is 0 Å². The van der Waals surface area contributed by atoms with Crippen LogP contribution in [-0.4, -0.2) is 74.2 Å². The first kappa shape index (κ1) is 19.9. The van der Waals surface area contributed by atoms with Gasteiger partial charge in [-0.15, -0.1) is 0 Å². The number of fused-ring (bicyclic) bond motifs is 1. The summed E-state index contributed by atoms with van der Waals surface area (Å²) in [6.45, 7) is 4.25. The second-order valence-electron chi connectivity index (χ2n) is 8.43. The van der Waals surface area contributed by atoms with E-state index in [1.807, 2.05) is 11.0 Å². The van der Waals surface area contributed by atoms with Crippen LogP contribution in [0.3, 0.4) is 0 Å². The Bertz CT molecular complexity index is 775. The lowest BCUT2D eigenvalue weighted by atomic mass is 9.75. The lowest BCUT2D eigenvalue weighted by Crippen LogP contribution is -2.53. The number of sulfonamides is 1. The summed E-state index contributed by atoms with van der Waals surface area (Å²) in [5.41, 5.74) is 0. The Morgan fingerprint density at radius 3 is 2.29 bits per heavy atom. The molecule has 2 atom stereocenters. The topological polar surface area (TPSA) is 60.9 Å². The van der Waals surface area contributed by atoms with Crippen molar-refractivity contribution in [2.75, 3.05) is 45.8 Å². The molecule has 6 nitrogen and oxygen atoms in total. The number of nitrogens with zero attached hydrogens (tertiary/aromatic N) is 3. The first-order valence-corrected chi connectivity index (χ1v) is 12.0. The molecule has 1 aliphatic carbocycles. The van der Waals surface area contributed by atoms with E-state index in [0.29, 0.717) is 37.6 Å². The number of hydrogen-bond donors (Lipinski definition) is 0. The van der Waals surface area contributed by atoms with Crippen molar-refractivity contribution in [1.82, 2.24) is 14.1 Å². The number of likely N-dealkylation sites (tertiary alicyclic amines) is 1. The van der Waals surface area contributed by atoms with Gasteiger partial charge in [0.25, 0.3) is 0 Å². The summed E-state index contributed by atoms with van der Waals surface area (Å²) in [6, 6.07) is 8.54. The van der Waals surface area contributed by atoms with Gasteiger partial charge in [0.05, 0.1) is 11.4 Å². The van der Waals surface area contributed by atoms with Crippen LogP contribution < -0.4 is 0 Å². The van der Waals surface area contributed by atoms with Gasteiger partial charge in [0.15, 0.2) is 0 Å². The predicted octanol–water partition coefficient (Wildman–Crippen LogP) is 2.03. The Morgan fingerprint density at radius 2 is 1.57 bits per heavy atom. The number of piperazine rings is 1. The van der Waals surface area contributed by atoms with E-state index in [4.69, 9.17) is 0 Å². The molecule has 0 spiro atoms. The van der Waals surface area contributed by atoms with E-state index in [1.165, 1.54) is 36.4 Å². The van der Waals surface area contributed by atoms with Gasteiger partial charge in [0.2, 0.25) is 15.9 Å². The molecular weight excluding hydrogens is 374 g/mol. The molecule has 0 N–H and O–H groups in total. The highest BCUT2D eigenvalue weighted by atomic mass is 32.2. The third kappa shape index (κ3) is 4.26. The Hall–Kier alpha value is -1.44. The minimum atomic E-state index is -3.47. The Morgan fingerprint density at radius 1 is 0.893 bits per heavy atom. The van der Waals surface area contributed by atoms with Crippen LogP contribution in [0.2, 0.25) is 0 Å². The van der Waals surface area contributed by atoms with Gasteiger partial charge >= 0.3 is 0 Å². The fourth-order valence-corrected chi connectivity index (χ4v) is 6.47. The van der Waals surface area contributed by atoms with Gasteiger partial charge in [-0.2, -0.15) is 4.31 Å². The molecule has 4 rings (SSSR count). The number of carbonyl (C=O) groups excluding carboxylic acids is 1. The van der Waals surface area contributed by atoms with Crippen molar-refractivity contribution >= 4 is 15.9 Å². The maximum Gasteiger partial charge on any atom is 0.243 e. The minimum absolute atomic E-state index is 0.144. The highest BCUT2D eigenvalue weighted by Crippen LogP contribution is 2.35. The first-order valence-electron chi connectivity index (χ1n) is 10.6. The molecule has 154 valence electrons. The lowest BCUT2D eigenvalue weighted by Gasteiger charge is -2.42. The molecule has 0 unspecified atom stereocenters. The molecule has 7 heteroatoms. The Kier molecular flexibility index (Phi) is 6.04. The number of hydrogen-bond acceptors (Lipinski definition) is 4. The smallest absolute Gasteiger partial charge is 0.243 e. The summed E-state index contributed by atoms with van der Waals surface area (Å²) in [6.07, 6.45) is 6.60. The third-order valence-corrected chi connectivity index (χ3v) is 8.62. The molecule has 28 heavy (non-hydrogen) atoms. The van der Waals surface area contributed by atoms with Gasteiger partial charge in [0, 0.05) is 32.7 Å². The van der Waals surface area contributed by atoms with Crippen LogP contribution in [0.1, 0.15) is 32.1 Å². The van der Waals surface area contributed by atoms with Crippen molar-refractivity contribution in [3.63, 3.8) is 0 Å². The average molecular weight is 406 g/mol. The fourth-order valence-electron chi connectivity index (χ4n) is 5.03. The fraction of sp³-hybridized carbons (Fsp3) is 0.667. The van der Waals surface area contributed by atoms with Gasteiger partial charge in [-0.05, 0) is 43.4 Å². The second kappa shape index (κ2) is 8.51. The summed E-state index contributed by atoms with van der Waals surface area (Å²) in [4.78, 5) is 17.3. The van der Waals surface area contributed by atoms with Crippen LogP contribution in [-0.2, 0) is 14.8 Å². The van der Waals surface area contributed by atoms with Gasteiger partial charge in [0.1, 0.15) is 0 Å². The number of amides is 1. The summed E-state index contributed by atoms with van der Waals surface area (Å²) >= 11 is 0. The van der Waals surface area contributed by atoms with Crippen molar-refractivity contribution in [2.45, 2.75) is 37.0 Å². The average Bonchev–Trinajstić information content (AvgIpc) is 2.74. The van der Waals surface area contributed by atoms with Crippen molar-refractivity contribution < 1.29 is 13.2 Å². The van der Waals surface area contributed by atoms with Gasteiger partial charge in [-0.1, -0.05) is 37.5 Å². The van der Waals surface area contributed by atoms with Crippen LogP contribution in [0.4, 0.5) is 0 Å². The molecule has 2 heterocycles. The molecule has 3 fully saturated rings. The van der Waals surface area contributed by atoms with E-state index in [9.17, 15) is 13.2 Å². The van der Waals surface area contributed by atoms with E-state index in [0.717, 1.165) is 24.9 Å².